The Labute approximate surface area is 98.1 Å². The fourth-order valence-corrected chi connectivity index (χ4v) is 2.35. The van der Waals surface area contributed by atoms with E-state index in [1.807, 2.05) is 6.07 Å². The van der Waals surface area contributed by atoms with Gasteiger partial charge in [-0.25, -0.2) is 0 Å². The number of hydrogen-bond acceptors (Lipinski definition) is 1. The molecule has 0 spiro atoms. The van der Waals surface area contributed by atoms with Gasteiger partial charge in [0.25, 0.3) is 0 Å². The lowest BCUT2D eigenvalue weighted by Gasteiger charge is -2.14. The third kappa shape index (κ3) is 2.66. The zero-order chi connectivity index (χ0) is 11.2. The second kappa shape index (κ2) is 5.74. The Bertz CT molecular complexity index is 365. The van der Waals surface area contributed by atoms with Gasteiger partial charge in [0, 0.05) is 5.56 Å². The zero-order valence-corrected chi connectivity index (χ0v) is 10.0. The van der Waals surface area contributed by atoms with Gasteiger partial charge in [0.15, 0.2) is 0 Å². The van der Waals surface area contributed by atoms with Crippen molar-refractivity contribution in [2.45, 2.75) is 38.5 Å². The molecule has 0 aromatic heterocycles. The number of rotatable bonds is 2. The average molecular weight is 216 g/mol. The Morgan fingerprint density at radius 3 is 2.69 bits per heavy atom. The lowest BCUT2D eigenvalue weighted by Crippen LogP contribution is -1.94. The van der Waals surface area contributed by atoms with E-state index >= 15 is 0 Å². The minimum atomic E-state index is 1.01. The molecule has 0 atom stereocenters. The summed E-state index contributed by atoms with van der Waals surface area (Å²) in [4.78, 5) is 0. The molecule has 1 heteroatoms. The third-order valence-electron chi connectivity index (χ3n) is 3.24. The Morgan fingerprint density at radius 2 is 1.81 bits per heavy atom. The molecule has 0 radical (unpaired) electrons. The summed E-state index contributed by atoms with van der Waals surface area (Å²) in [6.07, 6.45) is 10.2. The van der Waals surface area contributed by atoms with Crippen molar-refractivity contribution in [3.05, 3.63) is 35.9 Å². The molecule has 0 saturated heterocycles. The van der Waals surface area contributed by atoms with Crippen LogP contribution in [0.4, 0.5) is 0 Å². The van der Waals surface area contributed by atoms with Crippen LogP contribution in [0.3, 0.4) is 0 Å². The first-order valence-electron chi connectivity index (χ1n) is 6.24. The highest BCUT2D eigenvalue weighted by atomic mass is 16.5. The minimum Gasteiger partial charge on any atom is -0.496 e. The molecule has 2 rings (SSSR count). The Kier molecular flexibility index (Phi) is 4.03. The maximum atomic E-state index is 5.43. The van der Waals surface area contributed by atoms with E-state index in [9.17, 15) is 0 Å². The van der Waals surface area contributed by atoms with Crippen LogP contribution in [0.15, 0.2) is 30.3 Å². The molecule has 1 nitrogen and oxygen atoms in total. The number of hydrogen-bond donors (Lipinski definition) is 0. The second-order valence-electron chi connectivity index (χ2n) is 4.38. The summed E-state index contributed by atoms with van der Waals surface area (Å²) in [6.45, 7) is 0. The van der Waals surface area contributed by atoms with Crippen molar-refractivity contribution in [3.63, 3.8) is 0 Å². The molecular weight excluding hydrogens is 196 g/mol. The summed E-state index contributed by atoms with van der Waals surface area (Å²) < 4.78 is 5.43. The number of allylic oxidation sites excluding steroid dienone is 2. The molecule has 0 heterocycles. The molecule has 0 saturated carbocycles. The van der Waals surface area contributed by atoms with Gasteiger partial charge in [0.05, 0.1) is 7.11 Å². The van der Waals surface area contributed by atoms with E-state index in [-0.39, 0.29) is 0 Å². The van der Waals surface area contributed by atoms with Crippen molar-refractivity contribution in [1.29, 1.82) is 0 Å². The van der Waals surface area contributed by atoms with E-state index in [1.54, 1.807) is 7.11 Å². The van der Waals surface area contributed by atoms with Crippen molar-refractivity contribution in [1.82, 2.24) is 0 Å². The maximum Gasteiger partial charge on any atom is 0.126 e. The predicted octanol–water partition coefficient (Wildman–Crippen LogP) is 4.43. The van der Waals surface area contributed by atoms with Crippen LogP contribution in [0, 0.1) is 0 Å². The summed E-state index contributed by atoms with van der Waals surface area (Å²) in [6, 6.07) is 8.35. The van der Waals surface area contributed by atoms with Crippen LogP contribution in [0.5, 0.6) is 5.75 Å². The number of methoxy groups -OCH3 is 1. The molecule has 0 aliphatic heterocycles. The van der Waals surface area contributed by atoms with Crippen molar-refractivity contribution in [3.8, 4) is 5.75 Å². The highest BCUT2D eigenvalue weighted by molar-refractivity contribution is 5.70. The molecule has 1 aliphatic rings. The number of ether oxygens (including phenoxy) is 1. The van der Waals surface area contributed by atoms with Gasteiger partial charge in [-0.1, -0.05) is 37.1 Å². The second-order valence-corrected chi connectivity index (χ2v) is 4.38. The highest BCUT2D eigenvalue weighted by Gasteiger charge is 2.08. The summed E-state index contributed by atoms with van der Waals surface area (Å²) in [5.41, 5.74) is 2.75. The van der Waals surface area contributed by atoms with Gasteiger partial charge in [-0.2, -0.15) is 0 Å². The van der Waals surface area contributed by atoms with Crippen LogP contribution in [0.2, 0.25) is 0 Å². The predicted molar refractivity (Wildman–Crippen MR) is 68.7 cm³/mol. The molecule has 1 aromatic carbocycles. The summed E-state index contributed by atoms with van der Waals surface area (Å²) in [5, 5.41) is 0. The first-order valence-corrected chi connectivity index (χ1v) is 6.24. The highest BCUT2D eigenvalue weighted by Crippen LogP contribution is 2.31. The van der Waals surface area contributed by atoms with Gasteiger partial charge in [-0.15, -0.1) is 0 Å². The molecule has 0 N–H and O–H groups in total. The Hall–Kier alpha value is -1.24. The van der Waals surface area contributed by atoms with Crippen molar-refractivity contribution in [2.75, 3.05) is 7.11 Å². The van der Waals surface area contributed by atoms with E-state index < -0.39 is 0 Å². The van der Waals surface area contributed by atoms with Crippen LogP contribution in [0.25, 0.3) is 5.57 Å². The maximum absolute atomic E-state index is 5.43. The SMILES string of the molecule is COc1ccccc1/C1=C/CCCCCC1. The monoisotopic (exact) mass is 216 g/mol. The Balaban J connectivity index is 2.26. The lowest BCUT2D eigenvalue weighted by molar-refractivity contribution is 0.413. The number of benzene rings is 1. The largest absolute Gasteiger partial charge is 0.496 e. The van der Waals surface area contributed by atoms with Crippen LogP contribution < -0.4 is 4.74 Å². The quantitative estimate of drug-likeness (QED) is 0.710. The topological polar surface area (TPSA) is 9.23 Å². The van der Waals surface area contributed by atoms with Crippen LogP contribution in [-0.2, 0) is 0 Å². The van der Waals surface area contributed by atoms with E-state index in [0.717, 1.165) is 5.75 Å². The molecule has 1 aliphatic carbocycles. The lowest BCUT2D eigenvalue weighted by atomic mass is 9.94. The summed E-state index contributed by atoms with van der Waals surface area (Å²) in [5.74, 6) is 1.01. The van der Waals surface area contributed by atoms with E-state index in [1.165, 1.54) is 49.7 Å². The Morgan fingerprint density at radius 1 is 1.00 bits per heavy atom. The fourth-order valence-electron chi connectivity index (χ4n) is 2.35. The normalized spacial score (nSPS) is 20.4. The first kappa shape index (κ1) is 11.3. The van der Waals surface area contributed by atoms with Crippen molar-refractivity contribution in [2.24, 2.45) is 0 Å². The smallest absolute Gasteiger partial charge is 0.126 e. The van der Waals surface area contributed by atoms with E-state index in [4.69, 9.17) is 4.74 Å². The van der Waals surface area contributed by atoms with Crippen LogP contribution in [0.1, 0.15) is 44.1 Å². The summed E-state index contributed by atoms with van der Waals surface area (Å²) >= 11 is 0. The third-order valence-corrected chi connectivity index (χ3v) is 3.24. The molecule has 0 unspecified atom stereocenters. The molecule has 16 heavy (non-hydrogen) atoms. The van der Waals surface area contributed by atoms with Gasteiger partial charge in [-0.05, 0) is 37.3 Å². The molecule has 0 amide bonds. The zero-order valence-electron chi connectivity index (χ0n) is 10.0. The summed E-state index contributed by atoms with van der Waals surface area (Å²) in [7, 11) is 1.75. The number of para-hydroxylation sites is 1. The van der Waals surface area contributed by atoms with Gasteiger partial charge in [0.1, 0.15) is 5.75 Å². The van der Waals surface area contributed by atoms with Gasteiger partial charge in [-0.3, -0.25) is 0 Å². The molecule has 86 valence electrons. The van der Waals surface area contributed by atoms with Crippen LogP contribution >= 0.6 is 0 Å². The minimum absolute atomic E-state index is 1.01. The standard InChI is InChI=1S/C15H20O/c1-16-15-12-8-7-11-14(15)13-9-5-3-2-4-6-10-13/h7-9,11-12H,2-6,10H2,1H3/b13-9+. The molecule has 1 aromatic rings. The van der Waals surface area contributed by atoms with Crippen molar-refractivity contribution >= 4 is 5.57 Å². The van der Waals surface area contributed by atoms with Crippen molar-refractivity contribution < 1.29 is 4.74 Å². The molecule has 0 fully saturated rings. The molecule has 0 bridgehead atoms. The average Bonchev–Trinajstić information content (AvgIpc) is 2.29. The van der Waals surface area contributed by atoms with Gasteiger partial charge >= 0.3 is 0 Å². The van der Waals surface area contributed by atoms with Gasteiger partial charge < -0.3 is 4.74 Å². The van der Waals surface area contributed by atoms with E-state index in [2.05, 4.69) is 24.3 Å². The van der Waals surface area contributed by atoms with Crippen LogP contribution in [-0.4, -0.2) is 7.11 Å². The fraction of sp³-hybridized carbons (Fsp3) is 0.467. The first-order chi connectivity index (χ1) is 7.92. The van der Waals surface area contributed by atoms with E-state index in [0.29, 0.717) is 0 Å². The van der Waals surface area contributed by atoms with Gasteiger partial charge in [0.2, 0.25) is 0 Å². The molecular formula is C15H20O.